The van der Waals surface area contributed by atoms with E-state index in [2.05, 4.69) is 93.3 Å². The van der Waals surface area contributed by atoms with Crippen LogP contribution in [0.15, 0.2) is 32.9 Å². The van der Waals surface area contributed by atoms with Gasteiger partial charge in [0.1, 0.15) is 23.7 Å². The van der Waals surface area contributed by atoms with Gasteiger partial charge in [0.05, 0.1) is 0 Å². The molecule has 0 fully saturated rings. The van der Waals surface area contributed by atoms with E-state index in [4.69, 9.17) is 9.47 Å². The van der Waals surface area contributed by atoms with E-state index in [1.54, 1.807) is 0 Å². The fourth-order valence-corrected chi connectivity index (χ4v) is 8.69. The minimum absolute atomic E-state index is 0.231. The minimum atomic E-state index is -0.302. The van der Waals surface area contributed by atoms with E-state index in [9.17, 15) is 19.8 Å². The molecule has 2 atom stereocenters. The minimum Gasteiger partial charge on any atom is -0.507 e. The normalized spacial score (nSPS) is 13.8. The second kappa shape index (κ2) is 17.8. The fourth-order valence-electron chi connectivity index (χ4n) is 5.78. The van der Waals surface area contributed by atoms with E-state index >= 15 is 0 Å². The third kappa shape index (κ3) is 13.5. The fraction of sp³-hybridized carbons (Fsp3) is 0.619. The molecule has 0 radical (unpaired) electrons. The summed E-state index contributed by atoms with van der Waals surface area (Å²) in [7, 11) is 0. The van der Waals surface area contributed by atoms with Crippen molar-refractivity contribution in [3.8, 4) is 11.5 Å². The number of benzene rings is 2. The molecular formula is C42H62N2O6S3. The molecule has 0 spiro atoms. The molecule has 0 aliphatic carbocycles. The number of aryl methyl sites for hydroxylation is 2. The van der Waals surface area contributed by atoms with E-state index in [1.807, 2.05) is 38.1 Å². The van der Waals surface area contributed by atoms with Crippen molar-refractivity contribution in [3.05, 3.63) is 57.6 Å². The number of nitrogens with zero attached hydrogens (tertiary/aromatic N) is 2. The van der Waals surface area contributed by atoms with Crippen molar-refractivity contribution in [2.75, 3.05) is 11.5 Å². The van der Waals surface area contributed by atoms with Crippen LogP contribution in [0.2, 0.25) is 0 Å². The highest BCUT2D eigenvalue weighted by atomic mass is 32.2. The number of thioether (sulfide) groups is 2. The zero-order valence-electron chi connectivity index (χ0n) is 34.4. The molecule has 3 rings (SSSR count). The van der Waals surface area contributed by atoms with Crippen molar-refractivity contribution < 1.29 is 29.3 Å². The number of carbonyl (C=O) groups is 2. The summed E-state index contributed by atoms with van der Waals surface area (Å²) in [6.45, 7) is 28.7. The summed E-state index contributed by atoms with van der Waals surface area (Å²) in [5.41, 5.74) is 4.64. The lowest BCUT2D eigenvalue weighted by molar-refractivity contribution is -0.148. The Morgan fingerprint density at radius 2 is 0.887 bits per heavy atom. The van der Waals surface area contributed by atoms with Crippen molar-refractivity contribution in [3.63, 3.8) is 0 Å². The molecule has 0 bridgehead atoms. The standard InChI is InChI=1S/C42H62N2O6S3/c1-25(49-33(45)17-15-27-19-29(39(3,4)5)35(47)30(20-27)40(6,7)8)23-51-37-43-44-38(53-37)52-24-26(2)50-34(46)18-16-28-21-31(41(9,10)11)36(48)32(22-28)42(12,13)14/h19-22,25-26,47-48H,15-18,23-24H2,1-14H3. The number of hydrogen-bond donors (Lipinski definition) is 2. The molecular weight excluding hydrogens is 725 g/mol. The first kappa shape index (κ1) is 44.6. The Labute approximate surface area is 330 Å². The van der Waals surface area contributed by atoms with Crippen LogP contribution in [0.25, 0.3) is 0 Å². The lowest BCUT2D eigenvalue weighted by Gasteiger charge is -2.28. The monoisotopic (exact) mass is 786 g/mol. The first-order valence-electron chi connectivity index (χ1n) is 18.5. The van der Waals surface area contributed by atoms with Crippen LogP contribution in [0.1, 0.15) is 143 Å². The molecule has 0 aliphatic rings. The number of aromatic hydroxyl groups is 2. The highest BCUT2D eigenvalue weighted by Gasteiger charge is 2.28. The summed E-state index contributed by atoms with van der Waals surface area (Å²) in [5.74, 6) is 1.25. The quantitative estimate of drug-likeness (QED) is 0.121. The van der Waals surface area contributed by atoms with Gasteiger partial charge >= 0.3 is 11.9 Å². The second-order valence-electron chi connectivity index (χ2n) is 18.1. The van der Waals surface area contributed by atoms with Gasteiger partial charge in [-0.1, -0.05) is 142 Å². The number of hydrogen-bond acceptors (Lipinski definition) is 11. The summed E-state index contributed by atoms with van der Waals surface area (Å²) < 4.78 is 13.0. The van der Waals surface area contributed by atoms with Gasteiger partial charge in [-0.05, 0) is 81.7 Å². The first-order chi connectivity index (χ1) is 24.3. The Morgan fingerprint density at radius 1 is 0.604 bits per heavy atom. The predicted octanol–water partition coefficient (Wildman–Crippen LogP) is 10.5. The molecule has 2 N–H and O–H groups in total. The number of carbonyl (C=O) groups excluding carboxylic acids is 2. The number of ether oxygens (including phenoxy) is 2. The second-order valence-corrected chi connectivity index (χ2v) is 21.6. The number of phenols is 2. The van der Waals surface area contributed by atoms with Crippen LogP contribution < -0.4 is 0 Å². The maximum absolute atomic E-state index is 12.8. The molecule has 53 heavy (non-hydrogen) atoms. The maximum atomic E-state index is 12.8. The molecule has 0 amide bonds. The van der Waals surface area contributed by atoms with Crippen LogP contribution in [0.3, 0.4) is 0 Å². The lowest BCUT2D eigenvalue weighted by Crippen LogP contribution is -2.19. The molecule has 3 aromatic rings. The van der Waals surface area contributed by atoms with Crippen LogP contribution in [-0.4, -0.2) is 56.1 Å². The average Bonchev–Trinajstić information content (AvgIpc) is 3.47. The molecule has 8 nitrogen and oxygen atoms in total. The lowest BCUT2D eigenvalue weighted by atomic mass is 9.78. The van der Waals surface area contributed by atoms with Crippen LogP contribution in [0.4, 0.5) is 0 Å². The third-order valence-electron chi connectivity index (χ3n) is 8.74. The van der Waals surface area contributed by atoms with Gasteiger partial charge in [0.25, 0.3) is 0 Å². The summed E-state index contributed by atoms with van der Waals surface area (Å²) in [5, 5.41) is 30.6. The van der Waals surface area contributed by atoms with Crippen LogP contribution in [-0.2, 0) is 53.6 Å². The van der Waals surface area contributed by atoms with Gasteiger partial charge < -0.3 is 19.7 Å². The largest absolute Gasteiger partial charge is 0.507 e. The predicted molar refractivity (Wildman–Crippen MR) is 220 cm³/mol. The molecule has 2 aromatic carbocycles. The van der Waals surface area contributed by atoms with E-state index in [0.717, 1.165) is 42.1 Å². The smallest absolute Gasteiger partial charge is 0.306 e. The molecule has 1 aromatic heterocycles. The SMILES string of the molecule is CC(CSc1nnc(SCC(C)OC(=O)CCc2cc(C(C)(C)C)c(O)c(C(C)(C)C)c2)s1)OC(=O)CCc1cc(C(C)(C)C)c(O)c(C(C)(C)C)c1. The van der Waals surface area contributed by atoms with Gasteiger partial charge in [-0.3, -0.25) is 9.59 Å². The Hall–Kier alpha value is -2.76. The molecule has 11 heteroatoms. The summed E-state index contributed by atoms with van der Waals surface area (Å²) >= 11 is 4.46. The van der Waals surface area contributed by atoms with Crippen molar-refractivity contribution in [1.29, 1.82) is 0 Å². The van der Waals surface area contributed by atoms with E-state index in [0.29, 0.717) is 35.8 Å². The number of aromatic nitrogens is 2. The maximum Gasteiger partial charge on any atom is 0.306 e. The van der Waals surface area contributed by atoms with E-state index < -0.39 is 0 Å². The highest BCUT2D eigenvalue weighted by Crippen LogP contribution is 2.41. The third-order valence-corrected chi connectivity index (χ3v) is 12.4. The Morgan fingerprint density at radius 3 is 1.15 bits per heavy atom. The van der Waals surface area contributed by atoms with Crippen molar-refractivity contribution >= 4 is 46.8 Å². The van der Waals surface area contributed by atoms with Crippen LogP contribution >= 0.6 is 34.9 Å². The number of rotatable bonds is 14. The molecule has 0 saturated heterocycles. The number of phenolic OH excluding ortho intramolecular Hbond substituents is 2. The zero-order valence-corrected chi connectivity index (χ0v) is 36.8. The molecule has 2 unspecified atom stereocenters. The summed E-state index contributed by atoms with van der Waals surface area (Å²) in [6.07, 6.45) is 0.966. The van der Waals surface area contributed by atoms with Gasteiger partial charge in [-0.15, -0.1) is 10.2 Å². The van der Waals surface area contributed by atoms with Crippen molar-refractivity contribution in [2.24, 2.45) is 0 Å². The Kier molecular flexibility index (Phi) is 15.0. The summed E-state index contributed by atoms with van der Waals surface area (Å²) in [6, 6.07) is 8.04. The Bertz CT molecular complexity index is 1530. The molecule has 1 heterocycles. The first-order valence-corrected chi connectivity index (χ1v) is 21.3. The molecule has 294 valence electrons. The van der Waals surface area contributed by atoms with Crippen LogP contribution in [0, 0.1) is 0 Å². The topological polar surface area (TPSA) is 119 Å². The van der Waals surface area contributed by atoms with Gasteiger partial charge in [0.2, 0.25) is 0 Å². The van der Waals surface area contributed by atoms with E-state index in [1.165, 1.54) is 34.9 Å². The van der Waals surface area contributed by atoms with Gasteiger partial charge in [0.15, 0.2) is 8.68 Å². The van der Waals surface area contributed by atoms with Gasteiger partial charge in [-0.2, -0.15) is 0 Å². The van der Waals surface area contributed by atoms with Gasteiger partial charge in [0, 0.05) is 24.3 Å². The van der Waals surface area contributed by atoms with Gasteiger partial charge in [-0.25, -0.2) is 0 Å². The van der Waals surface area contributed by atoms with E-state index in [-0.39, 0.29) is 58.6 Å². The number of esters is 2. The highest BCUT2D eigenvalue weighted by molar-refractivity contribution is 8.03. The Balaban J connectivity index is 1.44. The molecule has 0 aliphatic heterocycles. The van der Waals surface area contributed by atoms with Crippen molar-refractivity contribution in [2.45, 2.75) is 165 Å². The summed E-state index contributed by atoms with van der Waals surface area (Å²) in [4.78, 5) is 25.5. The van der Waals surface area contributed by atoms with Crippen molar-refractivity contribution in [1.82, 2.24) is 10.2 Å². The molecule has 0 saturated carbocycles. The average molecular weight is 787 g/mol. The van der Waals surface area contributed by atoms with Crippen LogP contribution in [0.5, 0.6) is 11.5 Å². The zero-order chi connectivity index (χ0) is 40.1.